The van der Waals surface area contributed by atoms with Gasteiger partial charge in [-0.25, -0.2) is 0 Å². The minimum absolute atomic E-state index is 1.16. The number of aryl methyl sites for hydroxylation is 2. The monoisotopic (exact) mass is 666 g/mol. The van der Waals surface area contributed by atoms with Crippen LogP contribution in [-0.4, -0.2) is 0 Å². The van der Waals surface area contributed by atoms with Crippen molar-refractivity contribution in [1.82, 2.24) is 0 Å². The molecular weight excluding hydrogens is 625 g/mol. The van der Waals surface area contributed by atoms with Gasteiger partial charge in [-0.1, -0.05) is 206 Å². The van der Waals surface area contributed by atoms with Gasteiger partial charge >= 0.3 is 0 Å². The molecule has 7 rings (SSSR count). The van der Waals surface area contributed by atoms with Crippen LogP contribution < -0.4 is 0 Å². The maximum absolute atomic E-state index is 2.32. The zero-order valence-electron chi connectivity index (χ0n) is 29.8. The van der Waals surface area contributed by atoms with Gasteiger partial charge in [-0.15, -0.1) is 0 Å². The first-order chi connectivity index (χ1) is 25.6. The first-order valence-electron chi connectivity index (χ1n) is 17.9. The Labute approximate surface area is 309 Å². The molecule has 0 aliphatic rings. The zero-order chi connectivity index (χ0) is 35.5. The third kappa shape index (κ3) is 8.27. The number of rotatable bonds is 10. The molecule has 0 aliphatic carbocycles. The molecule has 52 heavy (non-hydrogen) atoms. The maximum atomic E-state index is 2.32. The Balaban J connectivity index is 1.14. The van der Waals surface area contributed by atoms with Crippen LogP contribution in [-0.2, 0) is 0 Å². The molecule has 0 unspecified atom stereocenters. The van der Waals surface area contributed by atoms with Crippen LogP contribution in [0.1, 0.15) is 66.8 Å². The van der Waals surface area contributed by atoms with E-state index in [1.54, 1.807) is 0 Å². The predicted octanol–water partition coefficient (Wildman–Crippen LogP) is 13.8. The molecule has 0 amide bonds. The summed E-state index contributed by atoms with van der Waals surface area (Å²) in [5, 5.41) is 0. The Morgan fingerprint density at radius 3 is 1.02 bits per heavy atom. The molecule has 0 saturated carbocycles. The molecule has 0 N–H and O–H groups in total. The molecule has 250 valence electrons. The van der Waals surface area contributed by atoms with E-state index in [1.165, 1.54) is 66.8 Å². The van der Waals surface area contributed by atoms with E-state index >= 15 is 0 Å². The van der Waals surface area contributed by atoms with E-state index in [9.17, 15) is 0 Å². The van der Waals surface area contributed by atoms with Gasteiger partial charge in [-0.2, -0.15) is 0 Å². The molecule has 0 fully saturated rings. The third-order valence-corrected chi connectivity index (χ3v) is 9.48. The fourth-order valence-electron chi connectivity index (χ4n) is 6.61. The largest absolute Gasteiger partial charge is 0.0622 e. The van der Waals surface area contributed by atoms with E-state index in [2.05, 4.69) is 232 Å². The third-order valence-electron chi connectivity index (χ3n) is 9.48. The van der Waals surface area contributed by atoms with Gasteiger partial charge in [0.05, 0.1) is 0 Å². The number of hydrogen-bond donors (Lipinski definition) is 0. The van der Waals surface area contributed by atoms with Crippen molar-refractivity contribution in [3.05, 3.63) is 249 Å². The van der Waals surface area contributed by atoms with Crippen molar-refractivity contribution in [3.63, 3.8) is 0 Å². The van der Waals surface area contributed by atoms with Crippen LogP contribution in [0, 0.1) is 13.8 Å². The molecule has 0 atom stereocenters. The standard InChI is InChI=1S/C52H42/c1-39-17-9-15-27-49(39)51(45-21-5-3-6-22-45)37-47-25-13-11-19-43(47)35-33-41-29-31-42(32-30-41)34-36-44-20-12-14-26-48(44)38-52(46-23-7-4-8-24-46)50-28-16-10-18-40(50)2/h3-38H,1-2H3. The fraction of sp³-hybridized carbons (Fsp3) is 0.0385. The summed E-state index contributed by atoms with van der Waals surface area (Å²) >= 11 is 0. The first-order valence-corrected chi connectivity index (χ1v) is 17.9. The number of hydrogen-bond acceptors (Lipinski definition) is 0. The van der Waals surface area contributed by atoms with E-state index in [0.29, 0.717) is 0 Å². The van der Waals surface area contributed by atoms with Crippen molar-refractivity contribution in [3.8, 4) is 0 Å². The van der Waals surface area contributed by atoms with Crippen LogP contribution in [0.5, 0.6) is 0 Å². The Kier molecular flexibility index (Phi) is 10.8. The lowest BCUT2D eigenvalue weighted by Gasteiger charge is -2.13. The Hall–Kier alpha value is -6.50. The molecule has 0 aromatic heterocycles. The summed E-state index contributed by atoms with van der Waals surface area (Å²) in [4.78, 5) is 0. The molecule has 0 heterocycles. The van der Waals surface area contributed by atoms with Crippen molar-refractivity contribution >= 4 is 47.6 Å². The normalized spacial score (nSPS) is 12.1. The molecule has 7 aromatic rings. The minimum Gasteiger partial charge on any atom is -0.0622 e. The second-order valence-corrected chi connectivity index (χ2v) is 13.1. The van der Waals surface area contributed by atoms with E-state index < -0.39 is 0 Å². The van der Waals surface area contributed by atoms with Crippen molar-refractivity contribution in [2.24, 2.45) is 0 Å². The average molecular weight is 667 g/mol. The Morgan fingerprint density at radius 2 is 0.635 bits per heavy atom. The van der Waals surface area contributed by atoms with Crippen LogP contribution in [0.15, 0.2) is 182 Å². The van der Waals surface area contributed by atoms with Crippen LogP contribution in [0.25, 0.3) is 47.6 Å². The van der Waals surface area contributed by atoms with Crippen LogP contribution in [0.4, 0.5) is 0 Å². The van der Waals surface area contributed by atoms with Crippen molar-refractivity contribution < 1.29 is 0 Å². The maximum Gasteiger partial charge on any atom is -0.0103 e. The van der Waals surface area contributed by atoms with Crippen molar-refractivity contribution in [2.45, 2.75) is 13.8 Å². The lowest BCUT2D eigenvalue weighted by Crippen LogP contribution is -1.92. The van der Waals surface area contributed by atoms with E-state index in [-0.39, 0.29) is 0 Å². The quantitative estimate of drug-likeness (QED) is 0.127. The SMILES string of the molecule is Cc1ccccc1C(=Cc1ccccc1C=Cc1ccc(C=Cc2ccccc2C=C(c2ccccc2)c2ccccc2C)cc1)c1ccccc1. The second kappa shape index (κ2) is 16.5. The fourth-order valence-corrected chi connectivity index (χ4v) is 6.61. The molecule has 0 bridgehead atoms. The molecule has 0 heteroatoms. The molecular formula is C52H42. The van der Waals surface area contributed by atoms with E-state index in [4.69, 9.17) is 0 Å². The average Bonchev–Trinajstić information content (AvgIpc) is 3.20. The lowest BCUT2D eigenvalue weighted by atomic mass is 9.91. The van der Waals surface area contributed by atoms with Gasteiger partial charge in [0.1, 0.15) is 0 Å². The molecule has 0 radical (unpaired) electrons. The summed E-state index contributed by atoms with van der Waals surface area (Å²) in [6.45, 7) is 4.36. The molecule has 0 saturated heterocycles. The highest BCUT2D eigenvalue weighted by molar-refractivity contribution is 5.95. The number of benzene rings is 7. The molecule has 0 spiro atoms. The topological polar surface area (TPSA) is 0 Å². The summed E-state index contributed by atoms with van der Waals surface area (Å²) in [5.74, 6) is 0. The highest BCUT2D eigenvalue weighted by Gasteiger charge is 2.10. The summed E-state index contributed by atoms with van der Waals surface area (Å²) in [6.07, 6.45) is 13.5. The Morgan fingerprint density at radius 1 is 0.308 bits per heavy atom. The smallest absolute Gasteiger partial charge is 0.0103 e. The van der Waals surface area contributed by atoms with Gasteiger partial charge in [-0.3, -0.25) is 0 Å². The van der Waals surface area contributed by atoms with Crippen molar-refractivity contribution in [1.29, 1.82) is 0 Å². The van der Waals surface area contributed by atoms with E-state index in [0.717, 1.165) is 11.1 Å². The van der Waals surface area contributed by atoms with Gasteiger partial charge in [-0.05, 0) is 104 Å². The van der Waals surface area contributed by atoms with Crippen LogP contribution in [0.2, 0.25) is 0 Å². The first kappa shape index (κ1) is 34.0. The van der Waals surface area contributed by atoms with Gasteiger partial charge in [0.15, 0.2) is 0 Å². The van der Waals surface area contributed by atoms with Gasteiger partial charge in [0.2, 0.25) is 0 Å². The summed E-state index contributed by atoms with van der Waals surface area (Å²) < 4.78 is 0. The summed E-state index contributed by atoms with van der Waals surface area (Å²) in [7, 11) is 0. The molecule has 7 aromatic carbocycles. The van der Waals surface area contributed by atoms with Gasteiger partial charge in [0.25, 0.3) is 0 Å². The zero-order valence-corrected chi connectivity index (χ0v) is 29.8. The van der Waals surface area contributed by atoms with Gasteiger partial charge in [0, 0.05) is 0 Å². The van der Waals surface area contributed by atoms with E-state index in [1.807, 2.05) is 0 Å². The second-order valence-electron chi connectivity index (χ2n) is 13.1. The van der Waals surface area contributed by atoms with Crippen LogP contribution in [0.3, 0.4) is 0 Å². The summed E-state index contributed by atoms with van der Waals surface area (Å²) in [6, 6.07) is 64.6. The minimum atomic E-state index is 1.16. The molecule has 0 nitrogen and oxygen atoms in total. The van der Waals surface area contributed by atoms with Gasteiger partial charge < -0.3 is 0 Å². The Bertz CT molecular complexity index is 2210. The van der Waals surface area contributed by atoms with Crippen molar-refractivity contribution in [2.75, 3.05) is 0 Å². The lowest BCUT2D eigenvalue weighted by molar-refractivity contribution is 1.42. The highest BCUT2D eigenvalue weighted by Crippen LogP contribution is 2.31. The predicted molar refractivity (Wildman–Crippen MR) is 226 cm³/mol. The van der Waals surface area contributed by atoms with Crippen LogP contribution >= 0.6 is 0 Å². The molecule has 0 aliphatic heterocycles. The highest BCUT2D eigenvalue weighted by atomic mass is 14.1. The summed E-state index contributed by atoms with van der Waals surface area (Å²) in [5.41, 5.74) is 16.9.